The number of halogens is 3. The number of pyridine rings is 1. The molecule has 0 radical (unpaired) electrons. The first kappa shape index (κ1) is 14.1. The maximum atomic E-state index is 12.1. The third kappa shape index (κ3) is 3.37. The molecular formula is C13H13F3N2O2. The van der Waals surface area contributed by atoms with Crippen LogP contribution >= 0.6 is 0 Å². The zero-order chi connectivity index (χ0) is 14.8. The fraction of sp³-hybridized carbons (Fsp3) is 0.231. The minimum atomic E-state index is -4.31. The van der Waals surface area contributed by atoms with E-state index in [1.165, 1.54) is 19.2 Å². The molecule has 0 bridgehead atoms. The highest BCUT2D eigenvalue weighted by molar-refractivity contribution is 5.94. The Balaban J connectivity index is 0.00000220. The van der Waals surface area contributed by atoms with Gasteiger partial charge in [0.05, 0.1) is 18.2 Å². The van der Waals surface area contributed by atoms with Gasteiger partial charge in [-0.1, -0.05) is 6.07 Å². The number of methoxy groups -OCH3 is 1. The molecule has 4 nitrogen and oxygen atoms in total. The Morgan fingerprint density at radius 2 is 2.05 bits per heavy atom. The van der Waals surface area contributed by atoms with Crippen LogP contribution in [0.4, 0.5) is 19.0 Å². The number of hydrogen-bond acceptors (Lipinski definition) is 4. The Morgan fingerprint density at radius 1 is 1.35 bits per heavy atom. The lowest BCUT2D eigenvalue weighted by molar-refractivity contribution is -0.115. The van der Waals surface area contributed by atoms with Gasteiger partial charge in [-0.05, 0) is 24.3 Å². The first-order chi connectivity index (χ1) is 9.39. The standard InChI is InChI=1S/C13H11F3N2O2.H2/c1-20-12(19)9-3-2-8-4-5-11(18-10(8)6-9)17-7-13(14,15)16;/h2-6H,7H2,1H3,(H,17,18);1H. The van der Waals surface area contributed by atoms with Crippen LogP contribution in [0.5, 0.6) is 0 Å². The quantitative estimate of drug-likeness (QED) is 0.880. The number of fused-ring (bicyclic) bond motifs is 1. The number of carbonyl (C=O) groups excluding carboxylic acids is 1. The predicted molar refractivity (Wildman–Crippen MR) is 69.7 cm³/mol. The third-order valence-corrected chi connectivity index (χ3v) is 2.58. The minimum Gasteiger partial charge on any atom is -0.465 e. The molecule has 1 heterocycles. The van der Waals surface area contributed by atoms with E-state index in [9.17, 15) is 18.0 Å². The molecule has 0 amide bonds. The van der Waals surface area contributed by atoms with Crippen molar-refractivity contribution in [2.75, 3.05) is 19.0 Å². The van der Waals surface area contributed by atoms with Gasteiger partial charge in [0.2, 0.25) is 0 Å². The van der Waals surface area contributed by atoms with Gasteiger partial charge in [-0.3, -0.25) is 0 Å². The van der Waals surface area contributed by atoms with Crippen molar-refractivity contribution in [3.05, 3.63) is 35.9 Å². The number of rotatable bonds is 3. The van der Waals surface area contributed by atoms with Crippen LogP contribution in [0.25, 0.3) is 10.9 Å². The Bertz CT molecular complexity index is 647. The molecule has 20 heavy (non-hydrogen) atoms. The van der Waals surface area contributed by atoms with Crippen molar-refractivity contribution in [3.8, 4) is 0 Å². The molecular weight excluding hydrogens is 273 g/mol. The van der Waals surface area contributed by atoms with Crippen molar-refractivity contribution in [3.63, 3.8) is 0 Å². The number of hydrogen-bond donors (Lipinski definition) is 1. The second kappa shape index (κ2) is 5.36. The number of benzene rings is 1. The summed E-state index contributed by atoms with van der Waals surface area (Å²) < 4.78 is 40.9. The van der Waals surface area contributed by atoms with Gasteiger partial charge in [-0.25, -0.2) is 9.78 Å². The van der Waals surface area contributed by atoms with E-state index < -0.39 is 18.7 Å². The van der Waals surface area contributed by atoms with Crippen LogP contribution in [0.1, 0.15) is 11.8 Å². The molecule has 2 aromatic rings. The second-order valence-electron chi connectivity index (χ2n) is 4.06. The fourth-order valence-electron chi connectivity index (χ4n) is 1.65. The average molecular weight is 286 g/mol. The molecule has 2 rings (SSSR count). The molecule has 0 atom stereocenters. The monoisotopic (exact) mass is 286 g/mol. The van der Waals surface area contributed by atoms with Crippen LogP contribution in [-0.2, 0) is 4.74 Å². The van der Waals surface area contributed by atoms with Crippen molar-refractivity contribution < 1.29 is 24.1 Å². The number of anilines is 1. The SMILES string of the molecule is COC(=O)c1ccc2ccc(NCC(F)(F)F)nc2c1.[HH]. The maximum Gasteiger partial charge on any atom is 0.405 e. The van der Waals surface area contributed by atoms with Gasteiger partial charge in [0, 0.05) is 6.81 Å². The van der Waals surface area contributed by atoms with Crippen molar-refractivity contribution in [1.82, 2.24) is 4.98 Å². The molecule has 1 N–H and O–H groups in total. The summed E-state index contributed by atoms with van der Waals surface area (Å²) in [5.41, 5.74) is 0.709. The number of alkyl halides is 3. The number of carbonyl (C=O) groups is 1. The molecule has 0 aliphatic heterocycles. The smallest absolute Gasteiger partial charge is 0.405 e. The summed E-state index contributed by atoms with van der Waals surface area (Å²) >= 11 is 0. The van der Waals surface area contributed by atoms with Crippen LogP contribution in [0.2, 0.25) is 0 Å². The molecule has 0 saturated heterocycles. The summed E-state index contributed by atoms with van der Waals surface area (Å²) in [4.78, 5) is 15.4. The zero-order valence-electron chi connectivity index (χ0n) is 10.5. The molecule has 0 spiro atoms. The van der Waals surface area contributed by atoms with Crippen LogP contribution < -0.4 is 5.32 Å². The molecule has 108 valence electrons. The predicted octanol–water partition coefficient (Wildman–Crippen LogP) is 3.24. The van der Waals surface area contributed by atoms with E-state index in [1.807, 2.05) is 0 Å². The third-order valence-electron chi connectivity index (χ3n) is 2.58. The van der Waals surface area contributed by atoms with Gasteiger partial charge in [0.1, 0.15) is 12.4 Å². The van der Waals surface area contributed by atoms with Crippen molar-refractivity contribution in [2.24, 2.45) is 0 Å². The number of nitrogens with zero attached hydrogens (tertiary/aromatic N) is 1. The molecule has 1 aromatic carbocycles. The number of aromatic nitrogens is 1. The first-order valence-corrected chi connectivity index (χ1v) is 5.69. The van der Waals surface area contributed by atoms with Gasteiger partial charge in [-0.2, -0.15) is 13.2 Å². The topological polar surface area (TPSA) is 51.2 Å². The average Bonchev–Trinajstić information content (AvgIpc) is 2.42. The normalized spacial score (nSPS) is 11.4. The van der Waals surface area contributed by atoms with Crippen LogP contribution in [0.3, 0.4) is 0 Å². The van der Waals surface area contributed by atoms with Gasteiger partial charge in [0.25, 0.3) is 0 Å². The summed E-state index contributed by atoms with van der Waals surface area (Å²) in [6.07, 6.45) is -4.31. The number of esters is 1. The van der Waals surface area contributed by atoms with E-state index in [4.69, 9.17) is 0 Å². The van der Waals surface area contributed by atoms with E-state index >= 15 is 0 Å². The van der Waals surface area contributed by atoms with Crippen molar-refractivity contribution in [2.45, 2.75) is 6.18 Å². The van der Waals surface area contributed by atoms with Crippen molar-refractivity contribution in [1.29, 1.82) is 0 Å². The minimum absolute atomic E-state index is 0. The van der Waals surface area contributed by atoms with Crippen LogP contribution in [0.15, 0.2) is 30.3 Å². The van der Waals surface area contributed by atoms with E-state index in [-0.39, 0.29) is 7.24 Å². The Labute approximate surface area is 114 Å². The summed E-state index contributed by atoms with van der Waals surface area (Å²) in [6, 6.07) is 7.77. The van der Waals surface area contributed by atoms with E-state index in [1.54, 1.807) is 18.2 Å². The summed E-state index contributed by atoms with van der Waals surface area (Å²) in [5.74, 6) is -0.431. The summed E-state index contributed by atoms with van der Waals surface area (Å²) in [5, 5.41) is 2.90. The van der Waals surface area contributed by atoms with E-state index in [0.717, 1.165) is 5.39 Å². The lowest BCUT2D eigenvalue weighted by Gasteiger charge is -2.09. The molecule has 0 aliphatic carbocycles. The molecule has 7 heteroatoms. The largest absolute Gasteiger partial charge is 0.465 e. The molecule has 0 fully saturated rings. The summed E-state index contributed by atoms with van der Waals surface area (Å²) in [6.45, 7) is -1.16. The Hall–Kier alpha value is -2.31. The molecule has 0 aliphatic rings. The highest BCUT2D eigenvalue weighted by Crippen LogP contribution is 2.19. The highest BCUT2D eigenvalue weighted by atomic mass is 19.4. The Kier molecular flexibility index (Phi) is 3.78. The van der Waals surface area contributed by atoms with Crippen LogP contribution in [0, 0.1) is 0 Å². The van der Waals surface area contributed by atoms with Crippen LogP contribution in [-0.4, -0.2) is 30.8 Å². The number of ether oxygens (including phenoxy) is 1. The molecule has 1 aromatic heterocycles. The summed E-state index contributed by atoms with van der Waals surface area (Å²) in [7, 11) is 1.25. The maximum absolute atomic E-state index is 12.1. The zero-order valence-corrected chi connectivity index (χ0v) is 10.5. The lowest BCUT2D eigenvalue weighted by Crippen LogP contribution is -2.21. The van der Waals surface area contributed by atoms with Gasteiger partial charge in [-0.15, -0.1) is 0 Å². The van der Waals surface area contributed by atoms with E-state index in [2.05, 4.69) is 15.0 Å². The molecule has 0 unspecified atom stereocenters. The van der Waals surface area contributed by atoms with Gasteiger partial charge < -0.3 is 10.1 Å². The number of nitrogens with one attached hydrogen (secondary N) is 1. The highest BCUT2D eigenvalue weighted by Gasteiger charge is 2.26. The Morgan fingerprint density at radius 3 is 2.70 bits per heavy atom. The lowest BCUT2D eigenvalue weighted by atomic mass is 10.1. The van der Waals surface area contributed by atoms with Crippen molar-refractivity contribution >= 4 is 22.7 Å². The first-order valence-electron chi connectivity index (χ1n) is 5.69. The van der Waals surface area contributed by atoms with Gasteiger partial charge >= 0.3 is 12.1 Å². The molecule has 0 saturated carbocycles. The van der Waals surface area contributed by atoms with E-state index in [0.29, 0.717) is 11.1 Å². The fourth-order valence-corrected chi connectivity index (χ4v) is 1.65. The van der Waals surface area contributed by atoms with Gasteiger partial charge in [0.15, 0.2) is 0 Å². The second-order valence-corrected chi connectivity index (χ2v) is 4.06.